The van der Waals surface area contributed by atoms with Gasteiger partial charge in [0.25, 0.3) is 0 Å². The molecule has 4 rings (SSSR count). The van der Waals surface area contributed by atoms with Crippen LogP contribution in [0.4, 0.5) is 5.13 Å². The molecule has 2 heterocycles. The number of ketones is 1. The lowest BCUT2D eigenvalue weighted by Gasteiger charge is -2.17. The van der Waals surface area contributed by atoms with E-state index in [1.165, 1.54) is 0 Å². The molecule has 8 heteroatoms. The molecule has 1 aromatic carbocycles. The molecule has 1 saturated carbocycles. The first-order chi connectivity index (χ1) is 15.4. The third-order valence-corrected chi connectivity index (χ3v) is 6.64. The zero-order chi connectivity index (χ0) is 22.8. The van der Waals surface area contributed by atoms with Gasteiger partial charge in [-0.15, -0.1) is 11.3 Å². The Morgan fingerprint density at radius 2 is 2.00 bits per heavy atom. The summed E-state index contributed by atoms with van der Waals surface area (Å²) in [6, 6.07) is 8.19. The van der Waals surface area contributed by atoms with E-state index in [0.717, 1.165) is 45.3 Å². The highest BCUT2D eigenvalue weighted by Gasteiger charge is 2.37. The van der Waals surface area contributed by atoms with Crippen molar-refractivity contribution < 1.29 is 14.3 Å². The molecule has 1 aliphatic rings. The van der Waals surface area contributed by atoms with Gasteiger partial charge in [0, 0.05) is 47.3 Å². The summed E-state index contributed by atoms with van der Waals surface area (Å²) in [7, 11) is 3.55. The van der Waals surface area contributed by atoms with Crippen LogP contribution in [0.3, 0.4) is 0 Å². The molecule has 3 atom stereocenters. The Labute approximate surface area is 192 Å². The van der Waals surface area contributed by atoms with Crippen molar-refractivity contribution in [3.63, 3.8) is 0 Å². The zero-order valence-corrected chi connectivity index (χ0v) is 20.0. The SMILES string of the molecule is CNC1CC(Oc2cc(-c3csc(NC(C)C)n3)nc3cc(OC)ccc23)CC1C(C)=O. The molecule has 170 valence electrons. The number of rotatable bonds is 8. The van der Waals surface area contributed by atoms with Gasteiger partial charge in [0.05, 0.1) is 18.3 Å². The summed E-state index contributed by atoms with van der Waals surface area (Å²) in [6.45, 7) is 5.83. The second-order valence-electron chi connectivity index (χ2n) is 8.55. The van der Waals surface area contributed by atoms with E-state index >= 15 is 0 Å². The third-order valence-electron chi connectivity index (χ3n) is 5.86. The predicted octanol–water partition coefficient (Wildman–Crippen LogP) is 4.52. The standard InChI is InChI=1S/C24H30N4O3S/c1-13(2)26-24-28-22(12-32-24)21-11-23(17-7-6-15(30-5)9-20(17)27-21)31-16-8-18(14(3)29)19(10-16)25-4/h6-7,9,11-13,16,18-19,25H,8,10H2,1-5H3,(H,26,28). The molecule has 0 spiro atoms. The zero-order valence-electron chi connectivity index (χ0n) is 19.1. The lowest BCUT2D eigenvalue weighted by Crippen LogP contribution is -2.32. The number of fused-ring (bicyclic) bond motifs is 1. The molecule has 0 saturated heterocycles. The Kier molecular flexibility index (Phi) is 6.62. The molecule has 2 aromatic heterocycles. The Morgan fingerprint density at radius 1 is 1.19 bits per heavy atom. The van der Waals surface area contributed by atoms with Crippen LogP contribution in [0, 0.1) is 5.92 Å². The van der Waals surface area contributed by atoms with Crippen LogP contribution < -0.4 is 20.1 Å². The van der Waals surface area contributed by atoms with E-state index in [4.69, 9.17) is 19.4 Å². The maximum Gasteiger partial charge on any atom is 0.183 e. The van der Waals surface area contributed by atoms with Gasteiger partial charge in [0.2, 0.25) is 0 Å². The summed E-state index contributed by atoms with van der Waals surface area (Å²) in [6.07, 6.45) is 1.44. The average molecular weight is 455 g/mol. The number of carbonyl (C=O) groups excluding carboxylic acids is 1. The van der Waals surface area contributed by atoms with Gasteiger partial charge in [-0.25, -0.2) is 9.97 Å². The van der Waals surface area contributed by atoms with Crippen molar-refractivity contribution in [2.24, 2.45) is 5.92 Å². The fourth-order valence-electron chi connectivity index (χ4n) is 4.27. The lowest BCUT2D eigenvalue weighted by molar-refractivity contribution is -0.121. The number of hydrogen-bond acceptors (Lipinski definition) is 8. The van der Waals surface area contributed by atoms with Crippen LogP contribution in [-0.4, -0.2) is 48.1 Å². The van der Waals surface area contributed by atoms with E-state index in [1.54, 1.807) is 25.4 Å². The van der Waals surface area contributed by atoms with Crippen molar-refractivity contribution in [2.45, 2.75) is 51.8 Å². The van der Waals surface area contributed by atoms with Crippen molar-refractivity contribution >= 4 is 33.2 Å². The van der Waals surface area contributed by atoms with Gasteiger partial charge < -0.3 is 20.1 Å². The highest BCUT2D eigenvalue weighted by Crippen LogP contribution is 2.37. The molecule has 0 aliphatic heterocycles. The van der Waals surface area contributed by atoms with Gasteiger partial charge in [-0.3, -0.25) is 4.79 Å². The molecule has 32 heavy (non-hydrogen) atoms. The first kappa shape index (κ1) is 22.5. The minimum Gasteiger partial charge on any atom is -0.497 e. The van der Waals surface area contributed by atoms with Crippen molar-refractivity contribution in [2.75, 3.05) is 19.5 Å². The van der Waals surface area contributed by atoms with E-state index in [1.807, 2.05) is 36.7 Å². The van der Waals surface area contributed by atoms with Gasteiger partial charge in [0.1, 0.15) is 29.1 Å². The number of pyridine rings is 1. The average Bonchev–Trinajstić information content (AvgIpc) is 3.39. The molecule has 3 unspecified atom stereocenters. The molecule has 1 fully saturated rings. The number of ether oxygens (including phenoxy) is 2. The number of nitrogens with zero attached hydrogens (tertiary/aromatic N) is 2. The Bertz CT molecular complexity index is 1110. The summed E-state index contributed by atoms with van der Waals surface area (Å²) in [5, 5.41) is 10.4. The molecular formula is C24H30N4O3S. The number of benzene rings is 1. The summed E-state index contributed by atoms with van der Waals surface area (Å²) in [4.78, 5) is 21.6. The van der Waals surface area contributed by atoms with Gasteiger partial charge in [-0.05, 0) is 46.4 Å². The van der Waals surface area contributed by atoms with Gasteiger partial charge in [0.15, 0.2) is 5.13 Å². The van der Waals surface area contributed by atoms with Gasteiger partial charge in [-0.1, -0.05) is 0 Å². The van der Waals surface area contributed by atoms with Crippen molar-refractivity contribution in [3.8, 4) is 22.9 Å². The monoisotopic (exact) mass is 454 g/mol. The summed E-state index contributed by atoms with van der Waals surface area (Å²) < 4.78 is 11.9. The maximum absolute atomic E-state index is 12.1. The summed E-state index contributed by atoms with van der Waals surface area (Å²) >= 11 is 1.56. The van der Waals surface area contributed by atoms with E-state index in [2.05, 4.69) is 24.5 Å². The molecule has 7 nitrogen and oxygen atoms in total. The first-order valence-electron chi connectivity index (χ1n) is 10.9. The highest BCUT2D eigenvalue weighted by molar-refractivity contribution is 7.14. The van der Waals surface area contributed by atoms with E-state index in [0.29, 0.717) is 12.5 Å². The number of Topliss-reactive ketones (excluding diaryl/α,β-unsaturated/α-hetero) is 1. The highest BCUT2D eigenvalue weighted by atomic mass is 32.1. The molecule has 3 aromatic rings. The number of nitrogens with one attached hydrogen (secondary N) is 2. The van der Waals surface area contributed by atoms with Crippen molar-refractivity contribution in [3.05, 3.63) is 29.6 Å². The number of methoxy groups -OCH3 is 1. The summed E-state index contributed by atoms with van der Waals surface area (Å²) in [5.41, 5.74) is 2.34. The molecule has 2 N–H and O–H groups in total. The third kappa shape index (κ3) is 4.71. The molecule has 0 bridgehead atoms. The minimum atomic E-state index is -0.0458. The largest absolute Gasteiger partial charge is 0.497 e. The quantitative estimate of drug-likeness (QED) is 0.517. The topological polar surface area (TPSA) is 85.4 Å². The second kappa shape index (κ2) is 9.42. The lowest BCUT2D eigenvalue weighted by atomic mass is 10.00. The number of thiazole rings is 1. The Morgan fingerprint density at radius 3 is 2.66 bits per heavy atom. The number of hydrogen-bond donors (Lipinski definition) is 2. The fraction of sp³-hybridized carbons (Fsp3) is 0.458. The normalized spacial score (nSPS) is 20.6. The van der Waals surface area contributed by atoms with Gasteiger partial charge >= 0.3 is 0 Å². The smallest absolute Gasteiger partial charge is 0.183 e. The van der Waals surface area contributed by atoms with E-state index < -0.39 is 0 Å². The van der Waals surface area contributed by atoms with Crippen LogP contribution >= 0.6 is 11.3 Å². The molecule has 1 aliphatic carbocycles. The number of anilines is 1. The van der Waals surface area contributed by atoms with Gasteiger partial charge in [-0.2, -0.15) is 0 Å². The minimum absolute atomic E-state index is 0.0270. The maximum atomic E-state index is 12.1. The number of carbonyl (C=O) groups is 1. The molecule has 0 radical (unpaired) electrons. The van der Waals surface area contributed by atoms with E-state index in [-0.39, 0.29) is 23.8 Å². The molecule has 0 amide bonds. The van der Waals surface area contributed by atoms with Crippen LogP contribution in [0.1, 0.15) is 33.6 Å². The predicted molar refractivity (Wildman–Crippen MR) is 129 cm³/mol. The van der Waals surface area contributed by atoms with E-state index in [9.17, 15) is 4.79 Å². The van der Waals surface area contributed by atoms with Crippen LogP contribution in [-0.2, 0) is 4.79 Å². The first-order valence-corrected chi connectivity index (χ1v) is 11.8. The second-order valence-corrected chi connectivity index (χ2v) is 9.41. The van der Waals surface area contributed by atoms with Crippen molar-refractivity contribution in [1.29, 1.82) is 0 Å². The fourth-order valence-corrected chi connectivity index (χ4v) is 5.12. The summed E-state index contributed by atoms with van der Waals surface area (Å²) in [5.74, 6) is 1.67. The van der Waals surface area contributed by atoms with Crippen LogP contribution in [0.2, 0.25) is 0 Å². The number of aromatic nitrogens is 2. The van der Waals surface area contributed by atoms with Crippen LogP contribution in [0.5, 0.6) is 11.5 Å². The Balaban J connectivity index is 1.71. The van der Waals surface area contributed by atoms with Crippen LogP contribution in [0.25, 0.3) is 22.3 Å². The molecular weight excluding hydrogens is 424 g/mol. The van der Waals surface area contributed by atoms with Crippen LogP contribution in [0.15, 0.2) is 29.6 Å². The Hall–Kier alpha value is -2.71. The van der Waals surface area contributed by atoms with Crippen molar-refractivity contribution in [1.82, 2.24) is 15.3 Å².